The molecule has 0 aromatic carbocycles. The van der Waals surface area contributed by atoms with Crippen molar-refractivity contribution < 1.29 is 9.63 Å². The van der Waals surface area contributed by atoms with Crippen LogP contribution in [0.4, 0.5) is 0 Å². The van der Waals surface area contributed by atoms with Crippen LogP contribution in [-0.2, 0) is 6.54 Å². The molecule has 6 nitrogen and oxygen atoms in total. The van der Waals surface area contributed by atoms with Crippen molar-refractivity contribution >= 4 is 0 Å². The van der Waals surface area contributed by atoms with Gasteiger partial charge in [0, 0.05) is 6.07 Å². The predicted molar refractivity (Wildman–Crippen MR) is 46.3 cm³/mol. The van der Waals surface area contributed by atoms with Crippen LogP contribution in [0.15, 0.2) is 23.0 Å². The fourth-order valence-electron chi connectivity index (χ4n) is 1.18. The number of rotatable bonds is 3. The number of hydrogen-bond acceptors (Lipinski definition) is 5. The van der Waals surface area contributed by atoms with Crippen LogP contribution in [0, 0.1) is 0 Å². The van der Waals surface area contributed by atoms with E-state index in [0.29, 0.717) is 18.0 Å². The summed E-state index contributed by atoms with van der Waals surface area (Å²) < 4.78 is 6.50. The van der Waals surface area contributed by atoms with E-state index in [1.807, 2.05) is 0 Å². The maximum Gasteiger partial charge on any atom is 0.158 e. The molecule has 0 aliphatic heterocycles. The molecule has 0 aliphatic carbocycles. The van der Waals surface area contributed by atoms with E-state index >= 15 is 0 Å². The average Bonchev–Trinajstić information content (AvgIpc) is 2.75. The molecule has 6 heteroatoms. The second-order valence-corrected chi connectivity index (χ2v) is 2.97. The van der Waals surface area contributed by atoms with Gasteiger partial charge in [0.2, 0.25) is 0 Å². The zero-order valence-electron chi connectivity index (χ0n) is 7.66. The Bertz CT molecular complexity index is 393. The van der Waals surface area contributed by atoms with Gasteiger partial charge in [0.05, 0.1) is 24.2 Å². The molecule has 0 amide bonds. The Kier molecular flexibility index (Phi) is 2.28. The van der Waals surface area contributed by atoms with Crippen LogP contribution in [-0.4, -0.2) is 25.3 Å². The highest BCUT2D eigenvalue weighted by Gasteiger charge is 2.10. The highest BCUT2D eigenvalue weighted by Crippen LogP contribution is 2.11. The number of nitrogens with zero attached hydrogens (tertiary/aromatic N) is 4. The van der Waals surface area contributed by atoms with Crippen molar-refractivity contribution in [3.8, 4) is 0 Å². The van der Waals surface area contributed by atoms with Gasteiger partial charge in [0.15, 0.2) is 5.76 Å². The van der Waals surface area contributed by atoms with E-state index in [0.717, 1.165) is 0 Å². The Morgan fingerprint density at radius 2 is 2.50 bits per heavy atom. The van der Waals surface area contributed by atoms with Crippen LogP contribution in [0.3, 0.4) is 0 Å². The minimum atomic E-state index is -0.590. The third kappa shape index (κ3) is 1.64. The molecule has 0 bridgehead atoms. The molecule has 74 valence electrons. The summed E-state index contributed by atoms with van der Waals surface area (Å²) in [5.74, 6) is 0.678. The molecular formula is C8H10N4O2. The van der Waals surface area contributed by atoms with Gasteiger partial charge in [-0.2, -0.15) is 0 Å². The Balaban J connectivity index is 2.21. The van der Waals surface area contributed by atoms with E-state index in [2.05, 4.69) is 15.5 Å². The van der Waals surface area contributed by atoms with Gasteiger partial charge in [0.1, 0.15) is 6.54 Å². The van der Waals surface area contributed by atoms with Gasteiger partial charge in [-0.25, -0.2) is 4.68 Å². The lowest BCUT2D eigenvalue weighted by molar-refractivity contribution is 0.187. The van der Waals surface area contributed by atoms with Gasteiger partial charge < -0.3 is 9.63 Å². The normalized spacial score (nSPS) is 13.0. The number of aromatic nitrogens is 4. The summed E-state index contributed by atoms with van der Waals surface area (Å²) in [5.41, 5.74) is 0.654. The highest BCUT2D eigenvalue weighted by atomic mass is 16.5. The van der Waals surface area contributed by atoms with Crippen molar-refractivity contribution in [2.45, 2.75) is 19.6 Å². The minimum Gasteiger partial charge on any atom is -0.387 e. The van der Waals surface area contributed by atoms with Gasteiger partial charge in [-0.15, -0.1) is 5.10 Å². The Labute approximate surface area is 80.1 Å². The lowest BCUT2D eigenvalue weighted by Crippen LogP contribution is -2.08. The first-order chi connectivity index (χ1) is 6.77. The number of aliphatic hydroxyl groups excluding tert-OH is 1. The summed E-state index contributed by atoms with van der Waals surface area (Å²) in [6, 6.07) is 1.74. The van der Waals surface area contributed by atoms with Crippen molar-refractivity contribution in [2.24, 2.45) is 0 Å². The van der Waals surface area contributed by atoms with Gasteiger partial charge in [-0.1, -0.05) is 10.4 Å². The SMILES string of the molecule is C[C@H](O)c1cnnn1Cc1ccno1. The molecule has 14 heavy (non-hydrogen) atoms. The molecule has 2 heterocycles. The zero-order valence-corrected chi connectivity index (χ0v) is 7.66. The van der Waals surface area contributed by atoms with Gasteiger partial charge in [-0.05, 0) is 6.92 Å². The first-order valence-corrected chi connectivity index (χ1v) is 4.23. The van der Waals surface area contributed by atoms with E-state index < -0.39 is 6.10 Å². The molecule has 0 radical (unpaired) electrons. The molecule has 2 aromatic heterocycles. The average molecular weight is 194 g/mol. The van der Waals surface area contributed by atoms with Crippen LogP contribution in [0.25, 0.3) is 0 Å². The Morgan fingerprint density at radius 3 is 3.14 bits per heavy atom. The third-order valence-corrected chi connectivity index (χ3v) is 1.87. The molecule has 1 N–H and O–H groups in total. The topological polar surface area (TPSA) is 77.0 Å². The second kappa shape index (κ2) is 3.59. The van der Waals surface area contributed by atoms with Crippen LogP contribution < -0.4 is 0 Å². The maximum atomic E-state index is 9.37. The molecule has 2 aromatic rings. The molecule has 0 unspecified atom stereocenters. The fraction of sp³-hybridized carbons (Fsp3) is 0.375. The lowest BCUT2D eigenvalue weighted by atomic mass is 10.3. The summed E-state index contributed by atoms with van der Waals surface area (Å²) in [4.78, 5) is 0. The first-order valence-electron chi connectivity index (χ1n) is 4.23. The summed E-state index contributed by atoms with van der Waals surface area (Å²) in [7, 11) is 0. The van der Waals surface area contributed by atoms with Gasteiger partial charge in [0.25, 0.3) is 0 Å². The minimum absolute atomic E-state index is 0.431. The van der Waals surface area contributed by atoms with Gasteiger partial charge >= 0.3 is 0 Å². The van der Waals surface area contributed by atoms with Crippen molar-refractivity contribution in [1.82, 2.24) is 20.2 Å². The summed E-state index contributed by atoms with van der Waals surface area (Å²) in [6.45, 7) is 2.09. The third-order valence-electron chi connectivity index (χ3n) is 1.87. The van der Waals surface area contributed by atoms with Crippen LogP contribution in [0.1, 0.15) is 24.5 Å². The van der Waals surface area contributed by atoms with Crippen molar-refractivity contribution in [3.63, 3.8) is 0 Å². The largest absolute Gasteiger partial charge is 0.387 e. The smallest absolute Gasteiger partial charge is 0.158 e. The Morgan fingerprint density at radius 1 is 1.64 bits per heavy atom. The van der Waals surface area contributed by atoms with E-state index in [-0.39, 0.29) is 0 Å². The monoisotopic (exact) mass is 194 g/mol. The van der Waals surface area contributed by atoms with Crippen LogP contribution in [0.2, 0.25) is 0 Å². The maximum absolute atomic E-state index is 9.37. The van der Waals surface area contributed by atoms with Crippen LogP contribution >= 0.6 is 0 Å². The number of aliphatic hydroxyl groups is 1. The Hall–Kier alpha value is -1.69. The van der Waals surface area contributed by atoms with E-state index in [4.69, 9.17) is 4.52 Å². The fourth-order valence-corrected chi connectivity index (χ4v) is 1.18. The predicted octanol–water partition coefficient (Wildman–Crippen LogP) is 0.368. The zero-order chi connectivity index (χ0) is 9.97. The first kappa shape index (κ1) is 8.89. The van der Waals surface area contributed by atoms with Gasteiger partial charge in [-0.3, -0.25) is 0 Å². The molecule has 0 saturated heterocycles. The summed E-state index contributed by atoms with van der Waals surface area (Å²) in [5, 5.41) is 20.5. The number of hydrogen-bond donors (Lipinski definition) is 1. The molecule has 0 fully saturated rings. The molecule has 0 aliphatic rings. The molecular weight excluding hydrogens is 184 g/mol. The second-order valence-electron chi connectivity index (χ2n) is 2.97. The highest BCUT2D eigenvalue weighted by molar-refractivity contribution is 5.01. The molecule has 0 spiro atoms. The molecule has 0 saturated carbocycles. The van der Waals surface area contributed by atoms with Crippen molar-refractivity contribution in [2.75, 3.05) is 0 Å². The van der Waals surface area contributed by atoms with Crippen molar-refractivity contribution in [3.05, 3.63) is 29.9 Å². The molecule has 1 atom stereocenters. The molecule has 2 rings (SSSR count). The summed E-state index contributed by atoms with van der Waals surface area (Å²) >= 11 is 0. The van der Waals surface area contributed by atoms with E-state index in [9.17, 15) is 5.11 Å². The van der Waals surface area contributed by atoms with Crippen LogP contribution in [0.5, 0.6) is 0 Å². The quantitative estimate of drug-likeness (QED) is 0.763. The lowest BCUT2D eigenvalue weighted by Gasteiger charge is -2.05. The van der Waals surface area contributed by atoms with E-state index in [1.165, 1.54) is 6.20 Å². The van der Waals surface area contributed by atoms with E-state index in [1.54, 1.807) is 23.9 Å². The summed E-state index contributed by atoms with van der Waals surface area (Å²) in [6.07, 6.45) is 2.50. The standard InChI is InChI=1S/C8H10N4O2/c1-6(13)8-4-9-11-12(8)5-7-2-3-10-14-7/h2-4,6,13H,5H2,1H3/t6-/m0/s1. The van der Waals surface area contributed by atoms with Crippen molar-refractivity contribution in [1.29, 1.82) is 0 Å².